The molecule has 0 radical (unpaired) electrons. The highest BCUT2D eigenvalue weighted by atomic mass is 35.5. The number of hydrogen-bond acceptors (Lipinski definition) is 4. The molecule has 0 amide bonds. The average Bonchev–Trinajstić information content (AvgIpc) is 2.26. The van der Waals surface area contributed by atoms with Gasteiger partial charge < -0.3 is 4.74 Å². The molecule has 18 heavy (non-hydrogen) atoms. The lowest BCUT2D eigenvalue weighted by Crippen LogP contribution is -2.39. The van der Waals surface area contributed by atoms with Gasteiger partial charge in [-0.1, -0.05) is 23.2 Å². The summed E-state index contributed by atoms with van der Waals surface area (Å²) in [6.45, 7) is 1.37. The molecule has 100 valence electrons. The van der Waals surface area contributed by atoms with Crippen molar-refractivity contribution in [2.75, 3.05) is 7.11 Å². The molecule has 0 bridgehead atoms. The SMILES string of the molecule is COC(=O)[C@@H](C)NS(=O)(=O)c1cc(Cl)cc(Cl)c1. The third-order valence-corrected chi connectivity index (χ3v) is 3.99. The van der Waals surface area contributed by atoms with E-state index in [0.29, 0.717) is 0 Å². The van der Waals surface area contributed by atoms with Crippen molar-refractivity contribution in [2.24, 2.45) is 0 Å². The van der Waals surface area contributed by atoms with Crippen molar-refractivity contribution in [1.29, 1.82) is 0 Å². The second kappa shape index (κ2) is 5.88. The largest absolute Gasteiger partial charge is 0.468 e. The second-order valence-corrected chi connectivity index (χ2v) is 6.06. The fourth-order valence-electron chi connectivity index (χ4n) is 1.21. The Balaban J connectivity index is 3.03. The Bertz CT molecular complexity index is 539. The minimum absolute atomic E-state index is 0.115. The van der Waals surface area contributed by atoms with Crippen LogP contribution in [0.4, 0.5) is 0 Å². The van der Waals surface area contributed by atoms with Crippen LogP contribution >= 0.6 is 23.2 Å². The van der Waals surface area contributed by atoms with Crippen molar-refractivity contribution >= 4 is 39.2 Å². The first kappa shape index (κ1) is 15.2. The van der Waals surface area contributed by atoms with E-state index >= 15 is 0 Å². The third-order valence-electron chi connectivity index (χ3n) is 2.03. The maximum absolute atomic E-state index is 11.9. The Labute approximate surface area is 115 Å². The summed E-state index contributed by atoms with van der Waals surface area (Å²) < 4.78 is 30.4. The zero-order valence-electron chi connectivity index (χ0n) is 9.61. The molecule has 1 rings (SSSR count). The van der Waals surface area contributed by atoms with Crippen LogP contribution in [0.2, 0.25) is 10.0 Å². The monoisotopic (exact) mass is 311 g/mol. The topological polar surface area (TPSA) is 72.5 Å². The van der Waals surface area contributed by atoms with Gasteiger partial charge in [0, 0.05) is 10.0 Å². The minimum atomic E-state index is -3.88. The van der Waals surface area contributed by atoms with Gasteiger partial charge in [-0.2, -0.15) is 4.72 Å². The number of esters is 1. The van der Waals surface area contributed by atoms with Crippen LogP contribution in [0.3, 0.4) is 0 Å². The van der Waals surface area contributed by atoms with E-state index in [0.717, 1.165) is 0 Å². The maximum atomic E-state index is 11.9. The number of ether oxygens (including phenoxy) is 1. The van der Waals surface area contributed by atoms with Gasteiger partial charge in [0.15, 0.2) is 0 Å². The van der Waals surface area contributed by atoms with Crippen molar-refractivity contribution < 1.29 is 17.9 Å². The van der Waals surface area contributed by atoms with Gasteiger partial charge in [-0.3, -0.25) is 4.79 Å². The van der Waals surface area contributed by atoms with Gasteiger partial charge in [-0.05, 0) is 25.1 Å². The number of sulfonamides is 1. The number of carbonyl (C=O) groups excluding carboxylic acids is 1. The fourth-order valence-corrected chi connectivity index (χ4v) is 3.13. The Hall–Kier alpha value is -0.820. The van der Waals surface area contributed by atoms with Gasteiger partial charge in [0.25, 0.3) is 0 Å². The number of rotatable bonds is 4. The van der Waals surface area contributed by atoms with Crippen molar-refractivity contribution in [3.63, 3.8) is 0 Å². The number of carbonyl (C=O) groups is 1. The van der Waals surface area contributed by atoms with Crippen LogP contribution in [-0.4, -0.2) is 27.5 Å². The van der Waals surface area contributed by atoms with Gasteiger partial charge >= 0.3 is 5.97 Å². The number of nitrogens with one attached hydrogen (secondary N) is 1. The zero-order valence-corrected chi connectivity index (χ0v) is 11.9. The van der Waals surface area contributed by atoms with Gasteiger partial charge in [-0.25, -0.2) is 8.42 Å². The van der Waals surface area contributed by atoms with Crippen LogP contribution in [-0.2, 0) is 19.6 Å². The second-order valence-electron chi connectivity index (χ2n) is 3.47. The Kier molecular flexibility index (Phi) is 4.98. The molecule has 8 heteroatoms. The van der Waals surface area contributed by atoms with E-state index in [1.807, 2.05) is 0 Å². The number of methoxy groups -OCH3 is 1. The Morgan fingerprint density at radius 1 is 1.28 bits per heavy atom. The molecule has 5 nitrogen and oxygen atoms in total. The van der Waals surface area contributed by atoms with Crippen LogP contribution in [0.25, 0.3) is 0 Å². The van der Waals surface area contributed by atoms with E-state index < -0.39 is 22.0 Å². The van der Waals surface area contributed by atoms with E-state index in [-0.39, 0.29) is 14.9 Å². The molecule has 1 N–H and O–H groups in total. The summed E-state index contributed by atoms with van der Waals surface area (Å²) in [5, 5.41) is 0.377. The summed E-state index contributed by atoms with van der Waals surface area (Å²) in [4.78, 5) is 11.0. The van der Waals surface area contributed by atoms with Gasteiger partial charge in [-0.15, -0.1) is 0 Å². The number of halogens is 2. The summed E-state index contributed by atoms with van der Waals surface area (Å²) in [5.74, 6) is -0.688. The van der Waals surface area contributed by atoms with Crippen molar-refractivity contribution in [1.82, 2.24) is 4.72 Å². The smallest absolute Gasteiger partial charge is 0.323 e. The molecule has 0 aliphatic rings. The summed E-state index contributed by atoms with van der Waals surface area (Å²) >= 11 is 11.4. The molecule has 1 atom stereocenters. The zero-order chi connectivity index (χ0) is 13.9. The van der Waals surface area contributed by atoms with Crippen molar-refractivity contribution in [2.45, 2.75) is 17.9 Å². The lowest BCUT2D eigenvalue weighted by atomic mass is 10.4. The van der Waals surface area contributed by atoms with E-state index in [1.165, 1.54) is 32.2 Å². The van der Waals surface area contributed by atoms with Crippen LogP contribution < -0.4 is 4.72 Å². The molecule has 0 saturated carbocycles. The Morgan fingerprint density at radius 2 is 1.78 bits per heavy atom. The van der Waals surface area contributed by atoms with Crippen LogP contribution in [0.5, 0.6) is 0 Å². The standard InChI is InChI=1S/C10H11Cl2NO4S/c1-6(10(14)17-2)13-18(15,16)9-4-7(11)3-8(12)5-9/h3-6,13H,1-2H3/t6-/m1/s1. The van der Waals surface area contributed by atoms with Crippen molar-refractivity contribution in [3.05, 3.63) is 28.2 Å². The molecule has 0 spiro atoms. The molecule has 0 unspecified atom stereocenters. The Morgan fingerprint density at radius 3 is 2.22 bits per heavy atom. The van der Waals surface area contributed by atoms with Gasteiger partial charge in [0.2, 0.25) is 10.0 Å². The molecule has 0 aromatic heterocycles. The van der Waals surface area contributed by atoms with Crippen LogP contribution in [0, 0.1) is 0 Å². The normalized spacial score (nSPS) is 13.1. The molecule has 0 saturated heterocycles. The predicted octanol–water partition coefficient (Wildman–Crippen LogP) is 1.83. The number of benzene rings is 1. The summed E-state index contributed by atoms with van der Waals surface area (Å²) in [6.07, 6.45) is 0. The molecule has 0 aliphatic carbocycles. The van der Waals surface area contributed by atoms with Crippen LogP contribution in [0.15, 0.2) is 23.1 Å². The molecule has 1 aromatic rings. The highest BCUT2D eigenvalue weighted by molar-refractivity contribution is 7.89. The number of hydrogen-bond donors (Lipinski definition) is 1. The lowest BCUT2D eigenvalue weighted by molar-refractivity contribution is -0.142. The molecule has 0 aliphatic heterocycles. The maximum Gasteiger partial charge on any atom is 0.323 e. The van der Waals surface area contributed by atoms with Crippen LogP contribution in [0.1, 0.15) is 6.92 Å². The first-order valence-electron chi connectivity index (χ1n) is 4.82. The first-order valence-corrected chi connectivity index (χ1v) is 7.06. The van der Waals surface area contributed by atoms with Gasteiger partial charge in [0.05, 0.1) is 12.0 Å². The lowest BCUT2D eigenvalue weighted by Gasteiger charge is -2.12. The fraction of sp³-hybridized carbons (Fsp3) is 0.300. The first-order chi connectivity index (χ1) is 8.26. The molecule has 1 aromatic carbocycles. The minimum Gasteiger partial charge on any atom is -0.468 e. The molecule has 0 heterocycles. The third kappa shape index (κ3) is 3.84. The molecular weight excluding hydrogens is 301 g/mol. The summed E-state index contributed by atoms with van der Waals surface area (Å²) in [7, 11) is -2.71. The summed E-state index contributed by atoms with van der Waals surface area (Å²) in [5.41, 5.74) is 0. The highest BCUT2D eigenvalue weighted by Crippen LogP contribution is 2.22. The van der Waals surface area contributed by atoms with E-state index in [4.69, 9.17) is 23.2 Å². The summed E-state index contributed by atoms with van der Waals surface area (Å²) in [6, 6.07) is 2.88. The quantitative estimate of drug-likeness (QED) is 0.861. The van der Waals surface area contributed by atoms with E-state index in [9.17, 15) is 13.2 Å². The van der Waals surface area contributed by atoms with E-state index in [2.05, 4.69) is 9.46 Å². The average molecular weight is 312 g/mol. The van der Waals surface area contributed by atoms with Crippen molar-refractivity contribution in [3.8, 4) is 0 Å². The highest BCUT2D eigenvalue weighted by Gasteiger charge is 2.23. The van der Waals surface area contributed by atoms with E-state index in [1.54, 1.807) is 0 Å². The predicted molar refractivity (Wildman–Crippen MR) is 68.3 cm³/mol. The van der Waals surface area contributed by atoms with Gasteiger partial charge in [0.1, 0.15) is 6.04 Å². The molecular formula is C10H11Cl2NO4S. The molecule has 0 fully saturated rings.